The number of ether oxygens (including phenoxy) is 1. The van der Waals surface area contributed by atoms with Crippen LogP contribution in [0.25, 0.3) is 0 Å². The molecule has 1 fully saturated rings. The van der Waals surface area contributed by atoms with E-state index in [1.807, 2.05) is 0 Å². The molecule has 0 aromatic heterocycles. The molecule has 0 aromatic rings. The van der Waals surface area contributed by atoms with E-state index in [1.54, 1.807) is 0 Å². The number of nitro groups is 1. The molecular formula is C25H55INO7PSi3V. The van der Waals surface area contributed by atoms with Crippen LogP contribution in [0.4, 0.5) is 0 Å². The zero-order valence-electron chi connectivity index (χ0n) is 25.8. The van der Waals surface area contributed by atoms with E-state index < -0.39 is 49.4 Å². The molecule has 0 N–H and O–H groups in total. The number of hydrogen-bond donors (Lipinski definition) is 0. The molecule has 231 valence electrons. The Labute approximate surface area is 268 Å². The largest absolute Gasteiger partial charge is 0.409 e. The van der Waals surface area contributed by atoms with Crippen molar-refractivity contribution in [2.45, 2.75) is 147 Å². The number of hydrogen-bond acceptors (Lipinski definition) is 7. The summed E-state index contributed by atoms with van der Waals surface area (Å²) in [7, 11) is -6.35. The second kappa shape index (κ2) is 19.8. The van der Waals surface area contributed by atoms with Gasteiger partial charge in [0.15, 0.2) is 25.0 Å². The predicted molar refractivity (Wildman–Crippen MR) is 175 cm³/mol. The first-order chi connectivity index (χ1) is 18.1. The van der Waals surface area contributed by atoms with Gasteiger partial charge in [0.25, 0.3) is 0 Å². The molecule has 8 nitrogen and oxygen atoms in total. The van der Waals surface area contributed by atoms with Gasteiger partial charge in [0.05, 0.1) is 13.1 Å². The first-order valence-corrected chi connectivity index (χ1v) is 26.5. The Morgan fingerprint density at radius 3 is 1.33 bits per heavy atom. The summed E-state index contributed by atoms with van der Waals surface area (Å²) in [4.78, 5) is 11.6. The van der Waals surface area contributed by atoms with Gasteiger partial charge in [-0.05, 0) is 76.4 Å². The molecule has 0 saturated carbocycles. The molecule has 6 atom stereocenters. The van der Waals surface area contributed by atoms with Crippen molar-refractivity contribution in [2.75, 3.05) is 13.2 Å². The molecule has 1 heterocycles. The maximum Gasteiger partial charge on any atom is 0.232 e. The average Bonchev–Trinajstić information content (AvgIpc) is 2.94. The van der Waals surface area contributed by atoms with Crippen LogP contribution < -0.4 is 0 Å². The second-order valence-electron chi connectivity index (χ2n) is 10.6. The smallest absolute Gasteiger partial charge is 0.232 e. The summed E-state index contributed by atoms with van der Waals surface area (Å²) >= 11 is 2.21. The maximum atomic E-state index is 11.9. The van der Waals surface area contributed by atoms with Gasteiger partial charge in [0.1, 0.15) is 30.5 Å². The summed E-state index contributed by atoms with van der Waals surface area (Å²) in [5.41, 5.74) is 0. The molecule has 1 aliphatic heterocycles. The zero-order chi connectivity index (χ0) is 29.0. The summed E-state index contributed by atoms with van der Waals surface area (Å²) in [6.07, 6.45) is -2.42. The topological polar surface area (TPSA) is 89.3 Å². The van der Waals surface area contributed by atoms with Crippen molar-refractivity contribution in [3.63, 3.8) is 0 Å². The summed E-state index contributed by atoms with van der Waals surface area (Å²) in [5.74, 6) is 0. The molecule has 1 rings (SSSR count). The van der Waals surface area contributed by atoms with E-state index in [2.05, 4.69) is 84.4 Å². The van der Waals surface area contributed by atoms with E-state index in [-0.39, 0.29) is 42.6 Å². The van der Waals surface area contributed by atoms with Gasteiger partial charge < -0.3 is 22.5 Å². The van der Waals surface area contributed by atoms with Crippen molar-refractivity contribution in [1.82, 2.24) is 0 Å². The first kappa shape index (κ1) is 40.6. The predicted octanol–water partition coefficient (Wildman–Crippen LogP) is 8.16. The zero-order valence-corrected chi connectivity index (χ0v) is 33.3. The molecule has 0 aromatic carbocycles. The third kappa shape index (κ3) is 10.9. The summed E-state index contributed by atoms with van der Waals surface area (Å²) < 4.78 is 34.2. The van der Waals surface area contributed by atoms with E-state index in [1.165, 1.54) is 0 Å². The van der Waals surface area contributed by atoms with Crippen LogP contribution in [0.3, 0.4) is 0 Å². The van der Waals surface area contributed by atoms with Crippen molar-refractivity contribution >= 4 is 53.4 Å². The normalized spacial score (nSPS) is 24.7. The quantitative estimate of drug-likeness (QED) is 0.0406. The Morgan fingerprint density at radius 2 is 1.03 bits per heavy atom. The molecule has 0 aliphatic carbocycles. The van der Waals surface area contributed by atoms with Crippen LogP contribution in [0.15, 0.2) is 0 Å². The van der Waals surface area contributed by atoms with Crippen molar-refractivity contribution in [1.29, 1.82) is 0 Å². The summed E-state index contributed by atoms with van der Waals surface area (Å²) in [6.45, 7) is 20.2. The van der Waals surface area contributed by atoms with Gasteiger partial charge in [-0.2, -0.15) is 0 Å². The van der Waals surface area contributed by atoms with E-state index in [9.17, 15) is 10.1 Å². The van der Waals surface area contributed by atoms with Crippen LogP contribution in [-0.4, -0.2) is 73.5 Å². The average molecular weight is 775 g/mol. The molecule has 1 aliphatic rings. The van der Waals surface area contributed by atoms with Crippen LogP contribution in [0.2, 0.25) is 54.4 Å². The molecule has 1 saturated heterocycles. The third-order valence-corrected chi connectivity index (χ3v) is 24.4. The van der Waals surface area contributed by atoms with E-state index >= 15 is 0 Å². The molecule has 1 radical (unpaired) electrons. The fourth-order valence-electron chi connectivity index (χ4n) is 5.82. The monoisotopic (exact) mass is 774 g/mol. The van der Waals surface area contributed by atoms with Gasteiger partial charge in [-0.25, -0.2) is 0 Å². The van der Waals surface area contributed by atoms with E-state index in [0.717, 1.165) is 54.4 Å². The van der Waals surface area contributed by atoms with Crippen LogP contribution in [-0.2, 0) is 41.1 Å². The Balaban J connectivity index is 0.0000144. The molecule has 39 heavy (non-hydrogen) atoms. The molecule has 0 spiro atoms. The standard InChI is InChI=1S/C25H55INO7PSi3.V/c1-10-36(11-2,12-3)32-23-21(19-27(28)29)31-22(20-30-35-26)24(33-37(13-4,14-5)15-6)25(23)34-38(16-7,17-8)18-9;/h21-25,35H,10-20H2,1-9H3;/t21-,22+,23-,24-,25+;/m0./s1. The van der Waals surface area contributed by atoms with Gasteiger partial charge in [0, 0.05) is 23.5 Å². The van der Waals surface area contributed by atoms with Gasteiger partial charge in [-0.15, -0.1) is 0 Å². The fraction of sp³-hybridized carbons (Fsp3) is 1.00. The summed E-state index contributed by atoms with van der Waals surface area (Å²) in [5, 5.41) is 11.9. The van der Waals surface area contributed by atoms with Crippen LogP contribution >= 0.6 is 28.5 Å². The molecule has 0 bridgehead atoms. The van der Waals surface area contributed by atoms with Gasteiger partial charge >= 0.3 is 0 Å². The van der Waals surface area contributed by atoms with Gasteiger partial charge in [-0.1, -0.05) is 62.3 Å². The Morgan fingerprint density at radius 1 is 0.692 bits per heavy atom. The van der Waals surface area contributed by atoms with Crippen LogP contribution in [0.1, 0.15) is 62.3 Å². The van der Waals surface area contributed by atoms with Crippen molar-refractivity contribution in [3.8, 4) is 0 Å². The molecular weight excluding hydrogens is 719 g/mol. The number of rotatable bonds is 20. The minimum absolute atomic E-state index is 0. The Hall–Kier alpha value is 1.60. The van der Waals surface area contributed by atoms with Crippen LogP contribution in [0.5, 0.6) is 0 Å². The Bertz CT molecular complexity index is 669. The molecule has 1 unspecified atom stereocenters. The number of nitrogens with zero attached hydrogens (tertiary/aromatic N) is 1. The first-order valence-electron chi connectivity index (χ1n) is 14.8. The molecule has 0 amide bonds. The molecule has 14 heteroatoms. The van der Waals surface area contributed by atoms with Gasteiger partial charge in [0.2, 0.25) is 6.54 Å². The van der Waals surface area contributed by atoms with Crippen molar-refractivity contribution in [3.05, 3.63) is 10.1 Å². The fourth-order valence-corrected chi connectivity index (χ4v) is 15.2. The van der Waals surface area contributed by atoms with Gasteiger partial charge in [-0.3, -0.25) is 10.1 Å². The summed E-state index contributed by atoms with van der Waals surface area (Å²) in [6, 6.07) is 8.85. The minimum Gasteiger partial charge on any atom is -0.409 e. The Kier molecular flexibility index (Phi) is 20.6. The SMILES string of the molecule is CC[Si](CC)(CC)O[C@@H]1[C@@H](O[Si](CC)(CC)CC)[C@H](C[N+](=O)[O-])O[C@H](COPI)[C@@H]1O[Si](CC)(CC)CC.[V]. The van der Waals surface area contributed by atoms with Crippen molar-refractivity contribution < 1.29 is 46.0 Å². The maximum absolute atomic E-state index is 11.9. The van der Waals surface area contributed by atoms with Crippen LogP contribution in [0, 0.1) is 10.1 Å². The van der Waals surface area contributed by atoms with E-state index in [0.29, 0.717) is 6.61 Å². The number of halogens is 1. The third-order valence-electron chi connectivity index (χ3n) is 9.32. The minimum atomic E-state index is -2.15. The van der Waals surface area contributed by atoms with E-state index in [4.69, 9.17) is 22.5 Å². The second-order valence-corrected chi connectivity index (χ2v) is 26.5. The van der Waals surface area contributed by atoms with Crippen molar-refractivity contribution in [2.24, 2.45) is 0 Å².